The van der Waals surface area contributed by atoms with Crippen LogP contribution in [0.15, 0.2) is 60.2 Å². The highest BCUT2D eigenvalue weighted by Gasteiger charge is 2.28. The number of anilines is 1. The van der Waals surface area contributed by atoms with E-state index in [1.807, 2.05) is 24.3 Å². The molecule has 0 spiro atoms. The second-order valence-corrected chi connectivity index (χ2v) is 8.81. The molecule has 1 aliphatic heterocycles. The average molecular weight is 493 g/mol. The molecule has 1 N–H and O–H groups in total. The topological polar surface area (TPSA) is 88.5 Å². The molecule has 8 heteroatoms. The first-order valence-electron chi connectivity index (χ1n) is 12.1. The van der Waals surface area contributed by atoms with Crippen LogP contribution in [0.25, 0.3) is 0 Å². The molecule has 2 aromatic rings. The van der Waals surface area contributed by atoms with Gasteiger partial charge in [-0.3, -0.25) is 9.69 Å². The Morgan fingerprint density at radius 2 is 1.83 bits per heavy atom. The number of carboxylic acid groups (broad SMARTS) is 1. The van der Waals surface area contributed by atoms with Gasteiger partial charge < -0.3 is 24.2 Å². The first-order chi connectivity index (χ1) is 17.5. The number of carbonyl (C=O) groups is 2. The summed E-state index contributed by atoms with van der Waals surface area (Å²) in [5.74, 6) is 0.883. The van der Waals surface area contributed by atoms with Gasteiger partial charge in [0.15, 0.2) is 11.5 Å². The molecule has 8 nitrogen and oxygen atoms in total. The van der Waals surface area contributed by atoms with Crippen molar-refractivity contribution in [1.82, 2.24) is 4.90 Å². The van der Waals surface area contributed by atoms with Gasteiger partial charge in [0.1, 0.15) is 12.4 Å². The summed E-state index contributed by atoms with van der Waals surface area (Å²) >= 11 is 0. The SMILES string of the molecule is COc1cc(CC(=O)O)ccc1CN1CCCN(c2ccc(OC)c(OCC3=CCCC=C3)c2)C1=O. The maximum Gasteiger partial charge on any atom is 0.324 e. The Hall–Kier alpha value is -3.94. The van der Waals surface area contributed by atoms with Gasteiger partial charge in [0.25, 0.3) is 0 Å². The monoisotopic (exact) mass is 492 g/mol. The number of urea groups is 1. The van der Waals surface area contributed by atoms with E-state index in [4.69, 9.17) is 19.3 Å². The smallest absolute Gasteiger partial charge is 0.324 e. The van der Waals surface area contributed by atoms with E-state index in [1.165, 1.54) is 0 Å². The molecule has 36 heavy (non-hydrogen) atoms. The van der Waals surface area contributed by atoms with Crippen molar-refractivity contribution in [2.24, 2.45) is 0 Å². The van der Waals surface area contributed by atoms with E-state index in [0.29, 0.717) is 49.1 Å². The lowest BCUT2D eigenvalue weighted by Crippen LogP contribution is -2.49. The quantitative estimate of drug-likeness (QED) is 0.512. The number of rotatable bonds is 10. The van der Waals surface area contributed by atoms with Gasteiger partial charge in [-0.05, 0) is 48.6 Å². The van der Waals surface area contributed by atoms with Crippen molar-refractivity contribution >= 4 is 17.7 Å². The van der Waals surface area contributed by atoms with Gasteiger partial charge in [-0.1, -0.05) is 30.4 Å². The summed E-state index contributed by atoms with van der Waals surface area (Å²) in [6.07, 6.45) is 9.18. The molecule has 1 heterocycles. The van der Waals surface area contributed by atoms with Gasteiger partial charge in [0.2, 0.25) is 0 Å². The standard InChI is InChI=1S/C28H32N2O6/c1-34-24-12-11-23(17-26(24)36-19-20-7-4-3-5-8-20)30-14-6-13-29(28(30)33)18-22-10-9-21(16-27(31)32)15-25(22)35-2/h4,7-12,15,17H,3,5-6,13-14,16,18-19H2,1-2H3,(H,31,32). The summed E-state index contributed by atoms with van der Waals surface area (Å²) < 4.78 is 17.0. The van der Waals surface area contributed by atoms with Crippen LogP contribution in [0, 0.1) is 0 Å². The highest BCUT2D eigenvalue weighted by Crippen LogP contribution is 2.34. The van der Waals surface area contributed by atoms with Gasteiger partial charge in [0.05, 0.1) is 27.2 Å². The van der Waals surface area contributed by atoms with Crippen LogP contribution in [0.4, 0.5) is 10.5 Å². The number of aliphatic carboxylic acids is 1. The number of amides is 2. The number of hydrogen-bond donors (Lipinski definition) is 1. The van der Waals surface area contributed by atoms with Gasteiger partial charge in [-0.15, -0.1) is 0 Å². The minimum Gasteiger partial charge on any atom is -0.496 e. The van der Waals surface area contributed by atoms with Gasteiger partial charge >= 0.3 is 12.0 Å². The lowest BCUT2D eigenvalue weighted by molar-refractivity contribution is -0.136. The van der Waals surface area contributed by atoms with Crippen molar-refractivity contribution in [2.45, 2.75) is 32.2 Å². The summed E-state index contributed by atoms with van der Waals surface area (Å²) in [6.45, 7) is 2.03. The van der Waals surface area contributed by atoms with Crippen molar-refractivity contribution in [3.05, 3.63) is 71.3 Å². The second-order valence-electron chi connectivity index (χ2n) is 8.81. The predicted octanol–water partition coefficient (Wildman–Crippen LogP) is 4.82. The van der Waals surface area contributed by atoms with Crippen molar-refractivity contribution in [1.29, 1.82) is 0 Å². The van der Waals surface area contributed by atoms with E-state index in [1.54, 1.807) is 36.2 Å². The van der Waals surface area contributed by atoms with Crippen molar-refractivity contribution in [2.75, 3.05) is 38.8 Å². The molecule has 0 aromatic heterocycles. The maximum absolute atomic E-state index is 13.5. The number of allylic oxidation sites excluding steroid dienone is 2. The largest absolute Gasteiger partial charge is 0.496 e. The molecule has 190 valence electrons. The van der Waals surface area contributed by atoms with E-state index in [-0.39, 0.29) is 12.5 Å². The molecule has 1 fully saturated rings. The molecule has 2 amide bonds. The molecule has 0 unspecified atom stereocenters. The van der Waals surface area contributed by atoms with Gasteiger partial charge in [0, 0.05) is 30.4 Å². The minimum atomic E-state index is -0.901. The van der Waals surface area contributed by atoms with Crippen LogP contribution in [0.2, 0.25) is 0 Å². The van der Waals surface area contributed by atoms with Crippen molar-refractivity contribution in [3.63, 3.8) is 0 Å². The Bertz CT molecular complexity index is 1170. The third-order valence-corrected chi connectivity index (χ3v) is 6.30. The molecule has 0 atom stereocenters. The Labute approximate surface area is 211 Å². The fourth-order valence-electron chi connectivity index (χ4n) is 4.46. The van der Waals surface area contributed by atoms with Crippen molar-refractivity contribution in [3.8, 4) is 17.2 Å². The first-order valence-corrected chi connectivity index (χ1v) is 12.1. The van der Waals surface area contributed by atoms with E-state index < -0.39 is 5.97 Å². The van der Waals surface area contributed by atoms with Gasteiger partial charge in [-0.25, -0.2) is 4.79 Å². The Balaban J connectivity index is 1.50. The number of hydrogen-bond acceptors (Lipinski definition) is 5. The van der Waals surface area contributed by atoms with Crippen LogP contribution in [0.1, 0.15) is 30.4 Å². The number of carboxylic acids is 1. The molecule has 2 aliphatic rings. The average Bonchev–Trinajstić information content (AvgIpc) is 2.89. The fraction of sp³-hybridized carbons (Fsp3) is 0.357. The Morgan fingerprint density at radius 3 is 2.56 bits per heavy atom. The molecular weight excluding hydrogens is 460 g/mol. The number of carbonyl (C=O) groups excluding carboxylic acids is 1. The number of ether oxygens (including phenoxy) is 3. The maximum atomic E-state index is 13.5. The summed E-state index contributed by atoms with van der Waals surface area (Å²) in [5.41, 5.74) is 3.35. The van der Waals surface area contributed by atoms with E-state index >= 15 is 0 Å². The summed E-state index contributed by atoms with van der Waals surface area (Å²) in [5, 5.41) is 9.06. The molecule has 0 saturated carbocycles. The van der Waals surface area contributed by atoms with Crippen LogP contribution in [0.3, 0.4) is 0 Å². The number of nitrogens with zero attached hydrogens (tertiary/aromatic N) is 2. The summed E-state index contributed by atoms with van der Waals surface area (Å²) in [6, 6.07) is 10.8. The van der Waals surface area contributed by atoms with E-state index in [2.05, 4.69) is 18.2 Å². The molecule has 0 radical (unpaired) electrons. The van der Waals surface area contributed by atoms with Crippen LogP contribution in [-0.2, 0) is 17.8 Å². The fourth-order valence-corrected chi connectivity index (χ4v) is 4.46. The third-order valence-electron chi connectivity index (χ3n) is 6.30. The lowest BCUT2D eigenvalue weighted by Gasteiger charge is -2.36. The molecule has 4 rings (SSSR count). The van der Waals surface area contributed by atoms with Crippen LogP contribution < -0.4 is 19.1 Å². The van der Waals surface area contributed by atoms with Gasteiger partial charge in [-0.2, -0.15) is 0 Å². The zero-order valence-electron chi connectivity index (χ0n) is 20.7. The van der Waals surface area contributed by atoms with Crippen molar-refractivity contribution < 1.29 is 28.9 Å². The minimum absolute atomic E-state index is 0.0808. The van der Waals surface area contributed by atoms with E-state index in [9.17, 15) is 9.59 Å². The Morgan fingerprint density at radius 1 is 1.00 bits per heavy atom. The van der Waals surface area contributed by atoms with Crippen LogP contribution in [0.5, 0.6) is 17.2 Å². The third kappa shape index (κ3) is 6.00. The number of benzene rings is 2. The molecule has 1 saturated heterocycles. The van der Waals surface area contributed by atoms with Crippen LogP contribution in [-0.4, -0.2) is 55.9 Å². The first kappa shape index (κ1) is 25.2. The normalized spacial score (nSPS) is 15.5. The Kier molecular flexibility index (Phi) is 8.15. The molecule has 2 aromatic carbocycles. The van der Waals surface area contributed by atoms with Crippen LogP contribution >= 0.6 is 0 Å². The molecular formula is C28H32N2O6. The lowest BCUT2D eigenvalue weighted by atomic mass is 10.1. The summed E-state index contributed by atoms with van der Waals surface area (Å²) in [7, 11) is 3.15. The predicted molar refractivity (Wildman–Crippen MR) is 137 cm³/mol. The zero-order chi connectivity index (χ0) is 25.5. The highest BCUT2D eigenvalue weighted by atomic mass is 16.5. The molecule has 0 bridgehead atoms. The molecule has 1 aliphatic carbocycles. The highest BCUT2D eigenvalue weighted by molar-refractivity contribution is 5.93. The zero-order valence-corrected chi connectivity index (χ0v) is 20.7. The summed E-state index contributed by atoms with van der Waals surface area (Å²) in [4.78, 5) is 28.0. The number of methoxy groups -OCH3 is 2. The second kappa shape index (κ2) is 11.7. The van der Waals surface area contributed by atoms with E-state index in [0.717, 1.165) is 36.1 Å².